The third-order valence-electron chi connectivity index (χ3n) is 2.59. The predicted octanol–water partition coefficient (Wildman–Crippen LogP) is 5.16. The fourth-order valence-electron chi connectivity index (χ4n) is 1.67. The maximum atomic E-state index is 13.8. The molecule has 0 saturated carbocycles. The molecule has 5 heteroatoms. The lowest BCUT2D eigenvalue weighted by Gasteiger charge is -2.16. The zero-order valence-electron chi connectivity index (χ0n) is 9.13. The molecule has 2 aromatic carbocycles. The Hall–Kier alpha value is -0.230. The molecule has 2 aromatic rings. The molecule has 0 heterocycles. The Balaban J connectivity index is 2.50. The molecule has 0 radical (unpaired) electrons. The lowest BCUT2D eigenvalue weighted by Crippen LogP contribution is -2.14. The van der Waals surface area contributed by atoms with Crippen molar-refractivity contribution in [2.24, 2.45) is 5.73 Å². The monoisotopic (exact) mass is 435 g/mol. The second-order valence-electron chi connectivity index (χ2n) is 3.81. The highest BCUT2D eigenvalue weighted by atomic mass is 79.9. The maximum Gasteiger partial charge on any atom is 0.128 e. The van der Waals surface area contributed by atoms with Crippen LogP contribution in [0.25, 0.3) is 0 Å². The molecule has 0 spiro atoms. The van der Waals surface area contributed by atoms with E-state index in [4.69, 9.17) is 5.73 Å². The molecule has 94 valence electrons. The molecule has 2 N–H and O–H groups in total. The maximum absolute atomic E-state index is 13.8. The Morgan fingerprint density at radius 2 is 1.44 bits per heavy atom. The fourth-order valence-corrected chi connectivity index (χ4v) is 2.92. The first-order chi connectivity index (χ1) is 8.49. The van der Waals surface area contributed by atoms with Crippen molar-refractivity contribution in [3.05, 3.63) is 66.8 Å². The Kier molecular flexibility index (Phi) is 4.59. The summed E-state index contributed by atoms with van der Waals surface area (Å²) in [6.45, 7) is 0. The van der Waals surface area contributed by atoms with Crippen molar-refractivity contribution in [1.82, 2.24) is 0 Å². The van der Waals surface area contributed by atoms with Crippen molar-refractivity contribution >= 4 is 47.8 Å². The quantitative estimate of drug-likeness (QED) is 0.689. The fraction of sp³-hybridized carbons (Fsp3) is 0.0769. The summed E-state index contributed by atoms with van der Waals surface area (Å²) in [6.07, 6.45) is 0. The van der Waals surface area contributed by atoms with Gasteiger partial charge in [0.05, 0.1) is 6.04 Å². The highest BCUT2D eigenvalue weighted by Gasteiger charge is 2.16. The zero-order chi connectivity index (χ0) is 13.3. The molecule has 0 aliphatic rings. The van der Waals surface area contributed by atoms with E-state index in [0.717, 1.165) is 19.0 Å². The van der Waals surface area contributed by atoms with E-state index in [1.54, 1.807) is 12.1 Å². The van der Waals surface area contributed by atoms with Crippen LogP contribution in [-0.4, -0.2) is 0 Å². The van der Waals surface area contributed by atoms with Gasteiger partial charge >= 0.3 is 0 Å². The van der Waals surface area contributed by atoms with Crippen molar-refractivity contribution in [1.29, 1.82) is 0 Å². The van der Waals surface area contributed by atoms with E-state index in [1.807, 2.05) is 18.2 Å². The number of halogens is 4. The molecular formula is C13H9Br3FN. The van der Waals surface area contributed by atoms with Crippen LogP contribution in [0.2, 0.25) is 0 Å². The molecule has 0 aliphatic heterocycles. The van der Waals surface area contributed by atoms with Gasteiger partial charge in [-0.15, -0.1) is 0 Å². The third-order valence-corrected chi connectivity index (χ3v) is 4.29. The second kappa shape index (κ2) is 5.82. The zero-order valence-corrected chi connectivity index (χ0v) is 13.9. The van der Waals surface area contributed by atoms with Crippen molar-refractivity contribution < 1.29 is 4.39 Å². The topological polar surface area (TPSA) is 26.0 Å². The van der Waals surface area contributed by atoms with Gasteiger partial charge in [-0.1, -0.05) is 47.8 Å². The molecule has 1 nitrogen and oxygen atoms in total. The van der Waals surface area contributed by atoms with E-state index in [0.29, 0.717) is 5.56 Å². The molecule has 0 aliphatic carbocycles. The Morgan fingerprint density at radius 3 is 2.11 bits per heavy atom. The van der Waals surface area contributed by atoms with Crippen LogP contribution in [0.3, 0.4) is 0 Å². The minimum Gasteiger partial charge on any atom is -0.320 e. The van der Waals surface area contributed by atoms with Crippen LogP contribution in [0.15, 0.2) is 49.8 Å². The van der Waals surface area contributed by atoms with Gasteiger partial charge in [-0.3, -0.25) is 0 Å². The van der Waals surface area contributed by atoms with Crippen LogP contribution < -0.4 is 5.73 Å². The van der Waals surface area contributed by atoms with E-state index in [2.05, 4.69) is 47.8 Å². The summed E-state index contributed by atoms with van der Waals surface area (Å²) in [5.41, 5.74) is 7.44. The average molecular weight is 438 g/mol. The molecule has 18 heavy (non-hydrogen) atoms. The van der Waals surface area contributed by atoms with Crippen molar-refractivity contribution in [3.8, 4) is 0 Å². The molecule has 0 bridgehead atoms. The molecule has 0 aromatic heterocycles. The van der Waals surface area contributed by atoms with Gasteiger partial charge in [0, 0.05) is 19.0 Å². The molecule has 0 amide bonds. The minimum absolute atomic E-state index is 0.308. The first-order valence-electron chi connectivity index (χ1n) is 5.14. The van der Waals surface area contributed by atoms with Gasteiger partial charge in [0.15, 0.2) is 0 Å². The number of hydrogen-bond donors (Lipinski definition) is 1. The normalized spacial score (nSPS) is 12.5. The molecule has 0 fully saturated rings. The summed E-state index contributed by atoms with van der Waals surface area (Å²) in [5, 5.41) is 0. The van der Waals surface area contributed by atoms with Gasteiger partial charge in [0.25, 0.3) is 0 Å². The van der Waals surface area contributed by atoms with Crippen LogP contribution in [0, 0.1) is 5.82 Å². The predicted molar refractivity (Wildman–Crippen MR) is 82.0 cm³/mol. The smallest absolute Gasteiger partial charge is 0.128 e. The first kappa shape index (κ1) is 14.2. The van der Waals surface area contributed by atoms with E-state index >= 15 is 0 Å². The Labute approximate surface area is 130 Å². The Bertz CT molecular complexity index is 535. The molecule has 1 unspecified atom stereocenters. The summed E-state index contributed by atoms with van der Waals surface area (Å²) in [6, 6.07) is 9.91. The van der Waals surface area contributed by atoms with Crippen LogP contribution >= 0.6 is 47.8 Å². The van der Waals surface area contributed by atoms with Gasteiger partial charge in [0.2, 0.25) is 0 Å². The van der Waals surface area contributed by atoms with Gasteiger partial charge in [0.1, 0.15) is 5.82 Å². The Morgan fingerprint density at radius 1 is 0.889 bits per heavy atom. The minimum atomic E-state index is -0.519. The van der Waals surface area contributed by atoms with Gasteiger partial charge in [-0.05, 0) is 42.0 Å². The van der Waals surface area contributed by atoms with Crippen LogP contribution in [0.5, 0.6) is 0 Å². The molecule has 0 saturated heterocycles. The average Bonchev–Trinajstić information content (AvgIpc) is 2.34. The van der Waals surface area contributed by atoms with Crippen LogP contribution in [0.4, 0.5) is 4.39 Å². The molecular weight excluding hydrogens is 429 g/mol. The highest BCUT2D eigenvalue weighted by molar-refractivity contribution is 9.11. The van der Waals surface area contributed by atoms with Crippen LogP contribution in [0.1, 0.15) is 17.2 Å². The highest BCUT2D eigenvalue weighted by Crippen LogP contribution is 2.31. The van der Waals surface area contributed by atoms with Gasteiger partial charge in [-0.25, -0.2) is 4.39 Å². The number of hydrogen-bond acceptors (Lipinski definition) is 1. The van der Waals surface area contributed by atoms with Crippen molar-refractivity contribution in [3.63, 3.8) is 0 Å². The summed E-state index contributed by atoms with van der Waals surface area (Å²) in [4.78, 5) is 0. The lowest BCUT2D eigenvalue weighted by molar-refractivity contribution is 0.599. The van der Waals surface area contributed by atoms with Crippen molar-refractivity contribution in [2.45, 2.75) is 6.04 Å². The summed E-state index contributed by atoms with van der Waals surface area (Å²) >= 11 is 10.2. The van der Waals surface area contributed by atoms with E-state index in [9.17, 15) is 4.39 Å². The van der Waals surface area contributed by atoms with E-state index in [1.165, 1.54) is 6.07 Å². The lowest BCUT2D eigenvalue weighted by atomic mass is 9.99. The SMILES string of the molecule is NC(c1cc(Br)ccc1F)c1cc(Br)ccc1Br. The first-order valence-corrected chi connectivity index (χ1v) is 7.52. The third kappa shape index (κ3) is 3.02. The standard InChI is InChI=1S/C13H9Br3FN/c14-7-1-3-11(16)9(5-7)13(18)10-6-8(15)2-4-12(10)17/h1-6,13H,18H2. The summed E-state index contributed by atoms with van der Waals surface area (Å²) in [5.74, 6) is -0.308. The second-order valence-corrected chi connectivity index (χ2v) is 6.50. The number of benzene rings is 2. The van der Waals surface area contributed by atoms with E-state index in [-0.39, 0.29) is 5.82 Å². The molecule has 1 atom stereocenters. The summed E-state index contributed by atoms with van der Waals surface area (Å²) in [7, 11) is 0. The molecule has 2 rings (SSSR count). The summed E-state index contributed by atoms with van der Waals surface area (Å²) < 4.78 is 16.4. The van der Waals surface area contributed by atoms with Crippen molar-refractivity contribution in [2.75, 3.05) is 0 Å². The number of nitrogens with two attached hydrogens (primary N) is 1. The van der Waals surface area contributed by atoms with Gasteiger partial charge < -0.3 is 5.73 Å². The van der Waals surface area contributed by atoms with Crippen LogP contribution in [-0.2, 0) is 0 Å². The van der Waals surface area contributed by atoms with Gasteiger partial charge in [-0.2, -0.15) is 0 Å². The number of rotatable bonds is 2. The van der Waals surface area contributed by atoms with E-state index < -0.39 is 6.04 Å². The largest absolute Gasteiger partial charge is 0.320 e.